The Hall–Kier alpha value is -4.04. The molecule has 0 spiro atoms. The Labute approximate surface area is 217 Å². The number of fused-ring (bicyclic) bond motifs is 1. The Morgan fingerprint density at radius 2 is 1.73 bits per heavy atom. The molecule has 1 N–H and O–H groups in total. The molecule has 4 aromatic rings. The molecule has 0 unspecified atom stereocenters. The van der Waals surface area contributed by atoms with Crippen molar-refractivity contribution in [3.8, 4) is 28.5 Å². The molecule has 1 saturated heterocycles. The van der Waals surface area contributed by atoms with Crippen LogP contribution in [0.25, 0.3) is 22.0 Å². The minimum Gasteiger partial charge on any atom is -0.497 e. The third kappa shape index (κ3) is 5.54. The van der Waals surface area contributed by atoms with E-state index in [1.54, 1.807) is 27.5 Å². The van der Waals surface area contributed by atoms with E-state index in [2.05, 4.69) is 39.5 Å². The summed E-state index contributed by atoms with van der Waals surface area (Å²) < 4.78 is 21.8. The molecule has 0 radical (unpaired) electrons. The lowest BCUT2D eigenvalue weighted by atomic mass is 10.0. The summed E-state index contributed by atoms with van der Waals surface area (Å²) in [5, 5.41) is 5.66. The van der Waals surface area contributed by atoms with Crippen molar-refractivity contribution in [3.05, 3.63) is 66.4 Å². The first-order valence-electron chi connectivity index (χ1n) is 12.4. The molecule has 192 valence electrons. The topological polar surface area (TPSA) is 78.0 Å². The average molecular weight is 501 g/mol. The summed E-state index contributed by atoms with van der Waals surface area (Å²) in [7, 11) is 4.98. The van der Waals surface area contributed by atoms with E-state index in [0.717, 1.165) is 83.3 Å². The number of morpholine rings is 1. The van der Waals surface area contributed by atoms with Crippen molar-refractivity contribution in [2.45, 2.75) is 6.42 Å². The van der Waals surface area contributed by atoms with Gasteiger partial charge in [0.05, 0.1) is 40.2 Å². The molecule has 3 aromatic carbocycles. The van der Waals surface area contributed by atoms with Gasteiger partial charge < -0.3 is 29.2 Å². The van der Waals surface area contributed by atoms with Crippen molar-refractivity contribution in [2.24, 2.45) is 0 Å². The van der Waals surface area contributed by atoms with E-state index >= 15 is 0 Å². The number of hydrogen-bond donors (Lipinski definition) is 1. The second kappa shape index (κ2) is 11.3. The molecule has 8 nitrogen and oxygen atoms in total. The highest BCUT2D eigenvalue weighted by Crippen LogP contribution is 2.35. The normalized spacial score (nSPS) is 13.4. The van der Waals surface area contributed by atoms with Crippen LogP contribution in [-0.4, -0.2) is 64.1 Å². The van der Waals surface area contributed by atoms with Gasteiger partial charge in [0.2, 0.25) is 5.95 Å². The molecule has 0 bridgehead atoms. The van der Waals surface area contributed by atoms with E-state index in [-0.39, 0.29) is 0 Å². The summed E-state index contributed by atoms with van der Waals surface area (Å²) in [5.41, 5.74) is 4.22. The molecule has 0 aliphatic carbocycles. The van der Waals surface area contributed by atoms with Gasteiger partial charge in [-0.1, -0.05) is 12.1 Å². The summed E-state index contributed by atoms with van der Waals surface area (Å²) in [4.78, 5) is 11.6. The molecule has 1 aliphatic rings. The predicted molar refractivity (Wildman–Crippen MR) is 146 cm³/mol. The number of benzene rings is 3. The molecule has 0 amide bonds. The lowest BCUT2D eigenvalue weighted by Crippen LogP contribution is -2.36. The zero-order chi connectivity index (χ0) is 25.6. The van der Waals surface area contributed by atoms with Gasteiger partial charge in [-0.05, 0) is 59.8 Å². The molecule has 0 saturated carbocycles. The lowest BCUT2D eigenvalue weighted by Gasteiger charge is -2.30. The molecule has 37 heavy (non-hydrogen) atoms. The molecule has 2 heterocycles. The third-order valence-electron chi connectivity index (χ3n) is 6.59. The maximum atomic E-state index is 5.59. The van der Waals surface area contributed by atoms with Crippen molar-refractivity contribution in [1.29, 1.82) is 0 Å². The first-order chi connectivity index (χ1) is 18.2. The average Bonchev–Trinajstić information content (AvgIpc) is 2.96. The summed E-state index contributed by atoms with van der Waals surface area (Å²) in [6.07, 6.45) is 2.60. The van der Waals surface area contributed by atoms with Gasteiger partial charge in [0.25, 0.3) is 0 Å². The predicted octanol–water partition coefficient (Wildman–Crippen LogP) is 4.81. The number of methoxy groups -OCH3 is 3. The van der Waals surface area contributed by atoms with E-state index < -0.39 is 0 Å². The zero-order valence-electron chi connectivity index (χ0n) is 21.5. The van der Waals surface area contributed by atoms with E-state index in [9.17, 15) is 0 Å². The van der Waals surface area contributed by atoms with E-state index in [1.807, 2.05) is 30.3 Å². The molecule has 0 atom stereocenters. The summed E-state index contributed by atoms with van der Waals surface area (Å²) in [5.74, 6) is 2.89. The quantitative estimate of drug-likeness (QED) is 0.351. The van der Waals surface area contributed by atoms with E-state index in [1.165, 1.54) is 0 Å². The minimum absolute atomic E-state index is 0.598. The second-order valence-electron chi connectivity index (χ2n) is 8.81. The van der Waals surface area contributed by atoms with E-state index in [4.69, 9.17) is 23.9 Å². The van der Waals surface area contributed by atoms with Crippen LogP contribution in [0.4, 0.5) is 11.6 Å². The Morgan fingerprint density at radius 1 is 0.892 bits per heavy atom. The SMILES string of the molecule is COc1ccc2cc(-c3ccnc(NCCc4ccc(OC)c(OC)c4)n3)cc(N3CCOCC3)c2c1. The van der Waals surface area contributed by atoms with Crippen LogP contribution in [0.15, 0.2) is 60.8 Å². The fourth-order valence-corrected chi connectivity index (χ4v) is 4.62. The van der Waals surface area contributed by atoms with Crippen molar-refractivity contribution in [1.82, 2.24) is 9.97 Å². The van der Waals surface area contributed by atoms with Gasteiger partial charge in [0, 0.05) is 42.5 Å². The fourth-order valence-electron chi connectivity index (χ4n) is 4.62. The maximum Gasteiger partial charge on any atom is 0.223 e. The third-order valence-corrected chi connectivity index (χ3v) is 6.59. The molecule has 1 fully saturated rings. The number of anilines is 2. The fraction of sp³-hybridized carbons (Fsp3) is 0.310. The summed E-state index contributed by atoms with van der Waals surface area (Å²) >= 11 is 0. The van der Waals surface area contributed by atoms with Gasteiger partial charge in [0.15, 0.2) is 11.5 Å². The standard InChI is InChI=1S/C29H32N4O4/c1-34-23-6-5-21-17-22(18-26(24(21)19-23)33-12-14-37-15-13-33)25-9-11-31-29(32-25)30-10-8-20-4-7-27(35-2)28(16-20)36-3/h4-7,9,11,16-19H,8,10,12-15H2,1-3H3,(H,30,31,32). The monoisotopic (exact) mass is 500 g/mol. The van der Waals surface area contributed by atoms with Crippen LogP contribution in [0, 0.1) is 0 Å². The molecule has 8 heteroatoms. The van der Waals surface area contributed by atoms with Crippen LogP contribution in [0.1, 0.15) is 5.56 Å². The van der Waals surface area contributed by atoms with Crippen LogP contribution in [0.3, 0.4) is 0 Å². The largest absolute Gasteiger partial charge is 0.497 e. The van der Waals surface area contributed by atoms with Gasteiger partial charge >= 0.3 is 0 Å². The highest BCUT2D eigenvalue weighted by molar-refractivity contribution is 5.98. The molecule has 1 aliphatic heterocycles. The number of nitrogens with one attached hydrogen (secondary N) is 1. The summed E-state index contributed by atoms with van der Waals surface area (Å²) in [6.45, 7) is 3.83. The van der Waals surface area contributed by atoms with Gasteiger partial charge in [-0.3, -0.25) is 0 Å². The summed E-state index contributed by atoms with van der Waals surface area (Å²) in [6, 6.07) is 18.5. The Morgan fingerprint density at radius 3 is 2.51 bits per heavy atom. The number of ether oxygens (including phenoxy) is 4. The maximum absolute atomic E-state index is 5.59. The van der Waals surface area contributed by atoms with Crippen LogP contribution in [0.5, 0.6) is 17.2 Å². The molecule has 1 aromatic heterocycles. The minimum atomic E-state index is 0.598. The zero-order valence-corrected chi connectivity index (χ0v) is 21.5. The second-order valence-corrected chi connectivity index (χ2v) is 8.81. The lowest BCUT2D eigenvalue weighted by molar-refractivity contribution is 0.123. The molecular formula is C29H32N4O4. The molecule has 5 rings (SSSR count). The van der Waals surface area contributed by atoms with Crippen molar-refractivity contribution >= 4 is 22.4 Å². The Balaban J connectivity index is 1.38. The first kappa shape index (κ1) is 24.6. The molecular weight excluding hydrogens is 468 g/mol. The van der Waals surface area contributed by atoms with Crippen LogP contribution >= 0.6 is 0 Å². The highest BCUT2D eigenvalue weighted by Gasteiger charge is 2.17. The van der Waals surface area contributed by atoms with Crippen molar-refractivity contribution in [3.63, 3.8) is 0 Å². The van der Waals surface area contributed by atoms with Crippen molar-refractivity contribution in [2.75, 3.05) is 64.4 Å². The first-order valence-corrected chi connectivity index (χ1v) is 12.4. The van der Waals surface area contributed by atoms with Gasteiger partial charge in [0.1, 0.15) is 5.75 Å². The number of rotatable bonds is 9. The van der Waals surface area contributed by atoms with Crippen LogP contribution < -0.4 is 24.4 Å². The number of hydrogen-bond acceptors (Lipinski definition) is 8. The van der Waals surface area contributed by atoms with E-state index in [0.29, 0.717) is 12.5 Å². The van der Waals surface area contributed by atoms with Crippen LogP contribution in [-0.2, 0) is 11.2 Å². The highest BCUT2D eigenvalue weighted by atomic mass is 16.5. The van der Waals surface area contributed by atoms with Gasteiger partial charge in [-0.25, -0.2) is 9.97 Å². The smallest absolute Gasteiger partial charge is 0.223 e. The van der Waals surface area contributed by atoms with Crippen molar-refractivity contribution < 1.29 is 18.9 Å². The Bertz CT molecular complexity index is 1370. The number of nitrogens with zero attached hydrogens (tertiary/aromatic N) is 3. The van der Waals surface area contributed by atoms with Gasteiger partial charge in [-0.15, -0.1) is 0 Å². The number of aromatic nitrogens is 2. The van der Waals surface area contributed by atoms with Crippen LogP contribution in [0.2, 0.25) is 0 Å². The Kier molecular flexibility index (Phi) is 7.56. The van der Waals surface area contributed by atoms with Gasteiger partial charge in [-0.2, -0.15) is 0 Å².